The van der Waals surface area contributed by atoms with Gasteiger partial charge in [0.05, 0.1) is 11.5 Å². The maximum atomic E-state index is 13.6. The third kappa shape index (κ3) is 9.68. The molecule has 0 bridgehead atoms. The van der Waals surface area contributed by atoms with Crippen LogP contribution in [0.2, 0.25) is 0 Å². The molecule has 3 atom stereocenters. The first kappa shape index (κ1) is 34.5. The van der Waals surface area contributed by atoms with Gasteiger partial charge in [0, 0.05) is 32.2 Å². The number of hydrazine groups is 1. The number of aldehydes is 1. The predicted molar refractivity (Wildman–Crippen MR) is 170 cm³/mol. The molecule has 2 aromatic carbocycles. The summed E-state index contributed by atoms with van der Waals surface area (Å²) in [6.07, 6.45) is 4.19. The predicted octanol–water partition coefficient (Wildman–Crippen LogP) is 3.39. The van der Waals surface area contributed by atoms with Gasteiger partial charge < -0.3 is 30.8 Å². The number of nitrogens with zero attached hydrogens (tertiary/aromatic N) is 3. The third-order valence-electron chi connectivity index (χ3n) is 7.66. The first-order chi connectivity index (χ1) is 20.1. The van der Waals surface area contributed by atoms with E-state index in [0.717, 1.165) is 17.4 Å². The molecular weight excluding hydrogens is 530 g/mol. The molecule has 0 aliphatic rings. The first-order valence-electron chi connectivity index (χ1n) is 14.4. The summed E-state index contributed by atoms with van der Waals surface area (Å²) in [5.74, 6) is 0.607. The fraction of sp³-hybridized carbons (Fsp3) is 0.469. The second kappa shape index (κ2) is 17.3. The van der Waals surface area contributed by atoms with Gasteiger partial charge in [-0.05, 0) is 71.3 Å². The lowest BCUT2D eigenvalue weighted by atomic mass is 9.68. The number of carbonyl (C=O) groups is 2. The molecule has 0 aliphatic carbocycles. The monoisotopic (exact) mass is 579 g/mol. The van der Waals surface area contributed by atoms with Gasteiger partial charge in [-0.3, -0.25) is 10.4 Å². The minimum atomic E-state index is -0.698. The number of benzene rings is 2. The van der Waals surface area contributed by atoms with E-state index in [0.29, 0.717) is 38.1 Å². The van der Waals surface area contributed by atoms with Crippen molar-refractivity contribution < 1.29 is 14.3 Å². The summed E-state index contributed by atoms with van der Waals surface area (Å²) in [4.78, 5) is 32.7. The standard InChI is InChI=1S/C32H49N7O3/c1-7-29(42-31(41)39(6)25(3)22-36-37-28(23-40)19-14-20-35-30(33)34)32(21-24(2)38(4)5,26-15-10-8-11-16-26)27-17-12-9-13-18-27/h7-13,15-18,23-25,28,36-37H,14,19-22H2,1-6H3,(H4,33,34,35)/b29-7-/t24?,25?,28-/m0/s1. The second-order valence-corrected chi connectivity index (χ2v) is 10.9. The molecule has 1 amide bonds. The minimum Gasteiger partial charge on any atom is -0.414 e. The van der Waals surface area contributed by atoms with Crippen LogP contribution in [0.15, 0.2) is 77.5 Å². The lowest BCUT2D eigenvalue weighted by Gasteiger charge is -2.40. The number of carbonyl (C=O) groups excluding carboxylic acids is 2. The third-order valence-corrected chi connectivity index (χ3v) is 7.66. The molecule has 0 radical (unpaired) electrons. The van der Waals surface area contributed by atoms with Gasteiger partial charge in [0.2, 0.25) is 0 Å². The molecule has 230 valence electrons. The zero-order valence-electron chi connectivity index (χ0n) is 25.9. The summed E-state index contributed by atoms with van der Waals surface area (Å²) in [6.45, 7) is 6.85. The van der Waals surface area contributed by atoms with E-state index in [1.54, 1.807) is 11.9 Å². The van der Waals surface area contributed by atoms with Crippen molar-refractivity contribution in [1.82, 2.24) is 20.7 Å². The lowest BCUT2D eigenvalue weighted by molar-refractivity contribution is -0.110. The normalized spacial score (nSPS) is 14.1. The van der Waals surface area contributed by atoms with Gasteiger partial charge in [0.15, 0.2) is 5.96 Å². The fourth-order valence-corrected chi connectivity index (χ4v) is 4.77. The quantitative estimate of drug-likeness (QED) is 0.0559. The van der Waals surface area contributed by atoms with Crippen molar-refractivity contribution in [2.45, 2.75) is 63.6 Å². The number of rotatable bonds is 17. The Morgan fingerprint density at radius 2 is 1.57 bits per heavy atom. The SMILES string of the molecule is C/C=C(\OC(=O)N(C)C(C)CNN[C@H](C=O)CCCN=C(N)N)C(CC(C)N(C)C)(c1ccccc1)c1ccccc1. The molecule has 0 fully saturated rings. The number of guanidine groups is 1. The van der Waals surface area contributed by atoms with Crippen LogP contribution in [0.25, 0.3) is 0 Å². The van der Waals surface area contributed by atoms with Crippen LogP contribution in [0.4, 0.5) is 4.79 Å². The van der Waals surface area contributed by atoms with Gasteiger partial charge in [-0.1, -0.05) is 60.7 Å². The Hall–Kier alpha value is -3.73. The van der Waals surface area contributed by atoms with Crippen molar-refractivity contribution >= 4 is 18.3 Å². The van der Waals surface area contributed by atoms with E-state index in [4.69, 9.17) is 16.2 Å². The zero-order chi connectivity index (χ0) is 31.1. The van der Waals surface area contributed by atoms with Crippen LogP contribution in [0.3, 0.4) is 0 Å². The van der Waals surface area contributed by atoms with Gasteiger partial charge in [-0.25, -0.2) is 10.2 Å². The zero-order valence-corrected chi connectivity index (χ0v) is 25.9. The Labute approximate surface area is 251 Å². The van der Waals surface area contributed by atoms with Crippen LogP contribution in [0, 0.1) is 0 Å². The van der Waals surface area contributed by atoms with Crippen LogP contribution in [0.1, 0.15) is 51.2 Å². The van der Waals surface area contributed by atoms with Gasteiger partial charge in [0.25, 0.3) is 0 Å². The van der Waals surface area contributed by atoms with Crippen LogP contribution < -0.4 is 22.3 Å². The number of ether oxygens (including phenoxy) is 1. The highest BCUT2D eigenvalue weighted by molar-refractivity contribution is 5.75. The summed E-state index contributed by atoms with van der Waals surface area (Å²) in [6, 6.07) is 20.0. The Kier molecular flexibility index (Phi) is 14.2. The van der Waals surface area contributed by atoms with Crippen LogP contribution in [-0.2, 0) is 14.9 Å². The van der Waals surface area contributed by atoms with E-state index in [9.17, 15) is 9.59 Å². The highest BCUT2D eigenvalue weighted by Crippen LogP contribution is 2.44. The minimum absolute atomic E-state index is 0.0329. The topological polar surface area (TPSA) is 138 Å². The lowest BCUT2D eigenvalue weighted by Crippen LogP contribution is -2.49. The molecule has 0 saturated carbocycles. The number of nitrogens with one attached hydrogen (secondary N) is 2. The van der Waals surface area contributed by atoms with Crippen LogP contribution in [-0.4, -0.2) is 80.5 Å². The molecule has 0 aromatic heterocycles. The number of hydrogen-bond acceptors (Lipinski definition) is 7. The molecule has 0 aliphatic heterocycles. The molecule has 2 rings (SSSR count). The van der Waals surface area contributed by atoms with Crippen LogP contribution >= 0.6 is 0 Å². The van der Waals surface area contributed by atoms with E-state index in [1.165, 1.54) is 0 Å². The average molecular weight is 580 g/mol. The Morgan fingerprint density at radius 1 is 1.00 bits per heavy atom. The number of amides is 1. The van der Waals surface area contributed by atoms with Crippen LogP contribution in [0.5, 0.6) is 0 Å². The summed E-state index contributed by atoms with van der Waals surface area (Å²) in [7, 11) is 5.83. The summed E-state index contributed by atoms with van der Waals surface area (Å²) in [5.41, 5.74) is 18.2. The summed E-state index contributed by atoms with van der Waals surface area (Å²) >= 11 is 0. The molecule has 6 N–H and O–H groups in total. The summed E-state index contributed by atoms with van der Waals surface area (Å²) < 4.78 is 6.26. The number of allylic oxidation sites excluding steroid dienone is 2. The largest absolute Gasteiger partial charge is 0.414 e. The Bertz CT molecular complexity index is 1110. The van der Waals surface area contributed by atoms with E-state index in [2.05, 4.69) is 66.0 Å². The van der Waals surface area contributed by atoms with Crippen molar-refractivity contribution in [1.29, 1.82) is 0 Å². The molecular formula is C32H49N7O3. The highest BCUT2D eigenvalue weighted by Gasteiger charge is 2.42. The fourth-order valence-electron chi connectivity index (χ4n) is 4.77. The molecule has 42 heavy (non-hydrogen) atoms. The molecule has 10 nitrogen and oxygen atoms in total. The number of aliphatic imine (C=N–C) groups is 1. The van der Waals surface area contributed by atoms with Crippen molar-refractivity contribution in [2.75, 3.05) is 34.2 Å². The molecule has 0 saturated heterocycles. The molecule has 2 unspecified atom stereocenters. The summed E-state index contributed by atoms with van der Waals surface area (Å²) in [5, 5.41) is 0. The van der Waals surface area contributed by atoms with Gasteiger partial charge >= 0.3 is 6.09 Å². The first-order valence-corrected chi connectivity index (χ1v) is 14.4. The Balaban J connectivity index is 2.23. The van der Waals surface area contributed by atoms with Crippen molar-refractivity contribution in [3.8, 4) is 0 Å². The van der Waals surface area contributed by atoms with E-state index < -0.39 is 17.6 Å². The maximum Gasteiger partial charge on any atom is 0.414 e. The van der Waals surface area contributed by atoms with Gasteiger partial charge in [0.1, 0.15) is 12.0 Å². The smallest absolute Gasteiger partial charge is 0.414 e. The Morgan fingerprint density at radius 3 is 2.05 bits per heavy atom. The van der Waals surface area contributed by atoms with E-state index in [1.807, 2.05) is 56.3 Å². The van der Waals surface area contributed by atoms with E-state index >= 15 is 0 Å². The second-order valence-electron chi connectivity index (χ2n) is 10.9. The van der Waals surface area contributed by atoms with Crippen molar-refractivity contribution in [3.05, 3.63) is 83.6 Å². The van der Waals surface area contributed by atoms with Crippen molar-refractivity contribution in [3.63, 3.8) is 0 Å². The number of hydrogen-bond donors (Lipinski definition) is 4. The van der Waals surface area contributed by atoms with Crippen molar-refractivity contribution in [2.24, 2.45) is 16.5 Å². The number of likely N-dealkylation sites (N-methyl/N-ethyl adjacent to an activating group) is 1. The van der Waals surface area contributed by atoms with Gasteiger partial charge in [-0.15, -0.1) is 0 Å². The highest BCUT2D eigenvalue weighted by atomic mass is 16.6. The molecule has 0 heterocycles. The molecule has 2 aromatic rings. The molecule has 0 spiro atoms. The van der Waals surface area contributed by atoms with Gasteiger partial charge in [-0.2, -0.15) is 0 Å². The average Bonchev–Trinajstić information content (AvgIpc) is 2.99. The van der Waals surface area contributed by atoms with E-state index in [-0.39, 0.29) is 18.0 Å². The maximum absolute atomic E-state index is 13.6. The molecule has 10 heteroatoms. The number of nitrogens with two attached hydrogens (primary N) is 2.